The van der Waals surface area contributed by atoms with Crippen LogP contribution < -0.4 is 0 Å². The zero-order valence-electron chi connectivity index (χ0n) is 11.0. The molecule has 0 fully saturated rings. The highest BCUT2D eigenvalue weighted by Gasteiger charge is 2.28. The number of pyridine rings is 1. The van der Waals surface area contributed by atoms with Crippen LogP contribution in [0.2, 0.25) is 5.15 Å². The number of halogens is 2. The number of aromatic nitrogens is 1. The summed E-state index contributed by atoms with van der Waals surface area (Å²) in [5.74, 6) is 0. The van der Waals surface area contributed by atoms with Gasteiger partial charge in [-0.3, -0.25) is 0 Å². The van der Waals surface area contributed by atoms with Gasteiger partial charge in [0.15, 0.2) is 0 Å². The van der Waals surface area contributed by atoms with Crippen molar-refractivity contribution in [2.45, 2.75) is 17.9 Å². The number of sulfonamides is 1. The van der Waals surface area contributed by atoms with E-state index in [0.29, 0.717) is 17.6 Å². The molecule has 21 heavy (non-hydrogen) atoms. The summed E-state index contributed by atoms with van der Waals surface area (Å²) >= 11 is 9.03. The molecule has 0 N–H and O–H groups in total. The number of rotatable bonds is 2. The summed E-state index contributed by atoms with van der Waals surface area (Å²) in [5, 5.41) is 0.248. The van der Waals surface area contributed by atoms with Crippen molar-refractivity contribution in [3.63, 3.8) is 0 Å². The Kier molecular flexibility index (Phi) is 4.05. The van der Waals surface area contributed by atoms with E-state index < -0.39 is 10.0 Å². The van der Waals surface area contributed by atoms with Gasteiger partial charge in [-0.05, 0) is 39.5 Å². The molecule has 0 aliphatic carbocycles. The average Bonchev–Trinajstić information content (AvgIpc) is 2.49. The molecule has 2 aromatic rings. The first-order chi connectivity index (χ1) is 9.98. The number of hydrogen-bond acceptors (Lipinski definition) is 3. The number of hydrogen-bond donors (Lipinski definition) is 0. The first kappa shape index (κ1) is 15.0. The Hall–Kier alpha value is -0.950. The molecular weight excluding hydrogens is 376 g/mol. The Morgan fingerprint density at radius 3 is 2.67 bits per heavy atom. The molecule has 110 valence electrons. The van der Waals surface area contributed by atoms with E-state index in [4.69, 9.17) is 11.6 Å². The molecule has 1 aliphatic rings. The first-order valence-corrected chi connectivity index (χ1v) is 8.97. The quantitative estimate of drug-likeness (QED) is 0.743. The fourth-order valence-electron chi connectivity index (χ4n) is 2.37. The highest BCUT2D eigenvalue weighted by Crippen LogP contribution is 2.28. The van der Waals surface area contributed by atoms with Gasteiger partial charge in [-0.15, -0.1) is 0 Å². The van der Waals surface area contributed by atoms with Crippen LogP contribution in [0.15, 0.2) is 45.9 Å². The summed E-state index contributed by atoms with van der Waals surface area (Å²) in [6.07, 6.45) is 2.01. The third-order valence-electron chi connectivity index (χ3n) is 3.50. The molecule has 1 aromatic heterocycles. The predicted octanol–water partition coefficient (Wildman–Crippen LogP) is 3.24. The summed E-state index contributed by atoms with van der Waals surface area (Å²) < 4.78 is 27.3. The Balaban J connectivity index is 1.95. The summed E-state index contributed by atoms with van der Waals surface area (Å²) in [4.78, 5) is 4.05. The summed E-state index contributed by atoms with van der Waals surface area (Å²) in [5.41, 5.74) is 2.26. The van der Waals surface area contributed by atoms with Crippen LogP contribution in [0, 0.1) is 0 Å². The maximum Gasteiger partial charge on any atom is 0.244 e. The van der Waals surface area contributed by atoms with Crippen LogP contribution in [0.25, 0.3) is 0 Å². The zero-order valence-corrected chi connectivity index (χ0v) is 14.1. The summed E-state index contributed by atoms with van der Waals surface area (Å²) in [6, 6.07) is 9.40. The third kappa shape index (κ3) is 2.85. The average molecular weight is 388 g/mol. The molecule has 7 heteroatoms. The van der Waals surface area contributed by atoms with Crippen molar-refractivity contribution in [1.29, 1.82) is 0 Å². The molecule has 0 saturated carbocycles. The van der Waals surface area contributed by atoms with Crippen molar-refractivity contribution >= 4 is 37.6 Å². The van der Waals surface area contributed by atoms with E-state index in [1.807, 2.05) is 24.3 Å². The first-order valence-electron chi connectivity index (χ1n) is 6.36. The largest absolute Gasteiger partial charge is 0.244 e. The zero-order chi connectivity index (χ0) is 15.0. The van der Waals surface area contributed by atoms with Crippen molar-refractivity contribution in [2.75, 3.05) is 6.54 Å². The van der Waals surface area contributed by atoms with E-state index in [1.54, 1.807) is 0 Å². The van der Waals surface area contributed by atoms with E-state index >= 15 is 0 Å². The van der Waals surface area contributed by atoms with Crippen molar-refractivity contribution in [3.05, 3.63) is 57.3 Å². The minimum absolute atomic E-state index is 0.151. The molecule has 4 nitrogen and oxygen atoms in total. The van der Waals surface area contributed by atoms with Crippen LogP contribution in [-0.2, 0) is 23.0 Å². The maximum absolute atomic E-state index is 12.7. The van der Waals surface area contributed by atoms with Crippen LogP contribution in [0.4, 0.5) is 0 Å². The molecule has 3 rings (SSSR count). The molecule has 0 bridgehead atoms. The fourth-order valence-corrected chi connectivity index (χ4v) is 4.36. The number of nitrogens with zero attached hydrogens (tertiary/aromatic N) is 2. The van der Waals surface area contributed by atoms with E-state index in [-0.39, 0.29) is 10.0 Å². The molecule has 1 aliphatic heterocycles. The summed E-state index contributed by atoms with van der Waals surface area (Å²) in [7, 11) is -3.56. The Labute approximate surface area is 136 Å². The van der Waals surface area contributed by atoms with Gasteiger partial charge in [0.05, 0.1) is 4.47 Å². The van der Waals surface area contributed by atoms with Gasteiger partial charge in [-0.1, -0.05) is 35.9 Å². The maximum atomic E-state index is 12.7. The highest BCUT2D eigenvalue weighted by atomic mass is 79.9. The standard InChI is InChI=1S/C14H12BrClN2O2S/c15-13-7-12(8-17-14(13)16)21(19,20)18-6-5-10-3-1-2-4-11(10)9-18/h1-4,7-8H,5-6,9H2. The molecular formula is C14H12BrClN2O2S. The lowest BCUT2D eigenvalue weighted by molar-refractivity contribution is 0.391. The van der Waals surface area contributed by atoms with Crippen molar-refractivity contribution < 1.29 is 8.42 Å². The number of benzene rings is 1. The monoisotopic (exact) mass is 386 g/mol. The lowest BCUT2D eigenvalue weighted by Gasteiger charge is -2.28. The Morgan fingerprint density at radius 2 is 1.95 bits per heavy atom. The van der Waals surface area contributed by atoms with Gasteiger partial charge in [0.1, 0.15) is 10.0 Å². The highest BCUT2D eigenvalue weighted by molar-refractivity contribution is 9.10. The van der Waals surface area contributed by atoms with Crippen LogP contribution in [-0.4, -0.2) is 24.3 Å². The lowest BCUT2D eigenvalue weighted by atomic mass is 10.0. The molecule has 0 saturated heterocycles. The van der Waals surface area contributed by atoms with Crippen LogP contribution in [0.3, 0.4) is 0 Å². The minimum atomic E-state index is -3.56. The van der Waals surface area contributed by atoms with Crippen molar-refractivity contribution in [3.8, 4) is 0 Å². The molecule has 0 radical (unpaired) electrons. The van der Waals surface area contributed by atoms with Crippen LogP contribution in [0.1, 0.15) is 11.1 Å². The smallest absolute Gasteiger partial charge is 0.242 e. The van der Waals surface area contributed by atoms with E-state index in [0.717, 1.165) is 12.0 Å². The van der Waals surface area contributed by atoms with Gasteiger partial charge in [-0.25, -0.2) is 13.4 Å². The second kappa shape index (κ2) is 5.68. The molecule has 0 unspecified atom stereocenters. The predicted molar refractivity (Wildman–Crippen MR) is 84.7 cm³/mol. The van der Waals surface area contributed by atoms with Gasteiger partial charge in [0.25, 0.3) is 0 Å². The Morgan fingerprint density at radius 1 is 1.24 bits per heavy atom. The topological polar surface area (TPSA) is 50.3 Å². The molecule has 0 amide bonds. The third-order valence-corrected chi connectivity index (χ3v) is 6.45. The second-order valence-electron chi connectivity index (χ2n) is 4.80. The van der Waals surface area contributed by atoms with E-state index in [2.05, 4.69) is 20.9 Å². The Bertz CT molecular complexity index is 795. The van der Waals surface area contributed by atoms with Crippen LogP contribution >= 0.6 is 27.5 Å². The normalized spacial score (nSPS) is 15.7. The van der Waals surface area contributed by atoms with Gasteiger partial charge < -0.3 is 0 Å². The van der Waals surface area contributed by atoms with E-state index in [1.165, 1.54) is 22.1 Å². The SMILES string of the molecule is O=S(=O)(c1cnc(Cl)c(Br)c1)N1CCc2ccccc2C1. The lowest BCUT2D eigenvalue weighted by Crippen LogP contribution is -2.36. The summed E-state index contributed by atoms with van der Waals surface area (Å²) in [6.45, 7) is 0.859. The molecule has 0 atom stereocenters. The molecule has 2 heterocycles. The van der Waals surface area contributed by atoms with Gasteiger partial charge in [0.2, 0.25) is 10.0 Å². The van der Waals surface area contributed by atoms with Gasteiger partial charge >= 0.3 is 0 Å². The van der Waals surface area contributed by atoms with Crippen molar-refractivity contribution in [2.24, 2.45) is 0 Å². The van der Waals surface area contributed by atoms with Gasteiger partial charge in [-0.2, -0.15) is 4.31 Å². The van der Waals surface area contributed by atoms with Crippen LogP contribution in [0.5, 0.6) is 0 Å². The fraction of sp³-hybridized carbons (Fsp3) is 0.214. The van der Waals surface area contributed by atoms with Gasteiger partial charge in [0, 0.05) is 19.3 Å². The molecule has 1 aromatic carbocycles. The number of fused-ring (bicyclic) bond motifs is 1. The second-order valence-corrected chi connectivity index (χ2v) is 7.95. The molecule has 0 spiro atoms. The van der Waals surface area contributed by atoms with Crippen molar-refractivity contribution in [1.82, 2.24) is 9.29 Å². The van der Waals surface area contributed by atoms with E-state index in [9.17, 15) is 8.42 Å². The minimum Gasteiger partial charge on any atom is -0.242 e.